The molecule has 16 heteroatoms. The van der Waals surface area contributed by atoms with Gasteiger partial charge >= 0.3 is 22.4 Å². The molecular formula is C30H36ClF2N5O7S. The van der Waals surface area contributed by atoms with Gasteiger partial charge in [0, 0.05) is 31.6 Å². The van der Waals surface area contributed by atoms with Crippen LogP contribution in [0.1, 0.15) is 45.6 Å². The number of ether oxygens (including phenoxy) is 2. The molecule has 12 nitrogen and oxygen atoms in total. The lowest BCUT2D eigenvalue weighted by Crippen LogP contribution is -2.44. The summed E-state index contributed by atoms with van der Waals surface area (Å²) in [6.07, 6.45) is -0.0994. The number of hydrogen-bond donors (Lipinski definition) is 3. The van der Waals surface area contributed by atoms with Crippen LogP contribution in [0.3, 0.4) is 0 Å². The SMILES string of the molecule is CN(C(=O)CCc1cccc(F)c1Cl)[C@@H](CCCNS(=O)(=O)NC(=O)OC(C)(C)C)COC(=O)Nc1cc2cc(F)ccc2cn1. The lowest BCUT2D eigenvalue weighted by atomic mass is 10.1. The summed E-state index contributed by atoms with van der Waals surface area (Å²) in [6.45, 7) is 4.34. The van der Waals surface area contributed by atoms with E-state index in [0.717, 1.165) is 0 Å². The van der Waals surface area contributed by atoms with Crippen LogP contribution < -0.4 is 14.8 Å². The maximum absolute atomic E-state index is 13.8. The number of amides is 3. The van der Waals surface area contributed by atoms with Crippen LogP contribution in [0.2, 0.25) is 5.02 Å². The number of benzene rings is 2. The maximum atomic E-state index is 13.8. The molecule has 1 aromatic heterocycles. The second-order valence-electron chi connectivity index (χ2n) is 11.3. The number of halogens is 3. The van der Waals surface area contributed by atoms with Crippen molar-refractivity contribution in [3.63, 3.8) is 0 Å². The van der Waals surface area contributed by atoms with E-state index < -0.39 is 45.7 Å². The third-order valence-corrected chi connectivity index (χ3v) is 7.97. The summed E-state index contributed by atoms with van der Waals surface area (Å²) < 4.78 is 66.2. The van der Waals surface area contributed by atoms with Crippen LogP contribution in [0.5, 0.6) is 0 Å². The molecule has 3 aromatic rings. The molecule has 3 N–H and O–H groups in total. The number of aryl methyl sites for hydroxylation is 1. The highest BCUT2D eigenvalue weighted by Gasteiger charge is 2.24. The summed E-state index contributed by atoms with van der Waals surface area (Å²) in [7, 11) is -2.74. The Kier molecular flexibility index (Phi) is 12.6. The minimum Gasteiger partial charge on any atom is -0.447 e. The average Bonchev–Trinajstić information content (AvgIpc) is 2.95. The van der Waals surface area contributed by atoms with Crippen molar-refractivity contribution >= 4 is 56.5 Å². The van der Waals surface area contributed by atoms with Crippen molar-refractivity contribution in [1.82, 2.24) is 19.3 Å². The van der Waals surface area contributed by atoms with Crippen LogP contribution in [-0.4, -0.2) is 68.2 Å². The van der Waals surface area contributed by atoms with E-state index in [9.17, 15) is 31.6 Å². The number of carbonyl (C=O) groups excluding carboxylic acids is 3. The van der Waals surface area contributed by atoms with Crippen molar-refractivity contribution in [3.8, 4) is 0 Å². The van der Waals surface area contributed by atoms with Crippen LogP contribution in [-0.2, 0) is 30.9 Å². The fourth-order valence-corrected chi connectivity index (χ4v) is 5.20. The molecule has 0 spiro atoms. The predicted octanol–water partition coefficient (Wildman–Crippen LogP) is 5.31. The molecule has 250 valence electrons. The van der Waals surface area contributed by atoms with Gasteiger partial charge in [0.15, 0.2) is 0 Å². The molecule has 1 heterocycles. The number of rotatable bonds is 13. The van der Waals surface area contributed by atoms with Crippen molar-refractivity contribution < 1.29 is 41.1 Å². The monoisotopic (exact) mass is 683 g/mol. The van der Waals surface area contributed by atoms with Gasteiger partial charge < -0.3 is 14.4 Å². The van der Waals surface area contributed by atoms with Gasteiger partial charge in [-0.3, -0.25) is 10.1 Å². The third-order valence-electron chi connectivity index (χ3n) is 6.52. The summed E-state index contributed by atoms with van der Waals surface area (Å²) in [6, 6.07) is 9.20. The first kappa shape index (κ1) is 36.4. The van der Waals surface area contributed by atoms with Crippen molar-refractivity contribution in [3.05, 3.63) is 70.9 Å². The van der Waals surface area contributed by atoms with Crippen LogP contribution in [0.15, 0.2) is 48.7 Å². The zero-order valence-electron chi connectivity index (χ0n) is 25.7. The van der Waals surface area contributed by atoms with Gasteiger partial charge in [-0.05, 0) is 81.3 Å². The Labute approximate surface area is 271 Å². The number of nitrogens with one attached hydrogen (secondary N) is 3. The van der Waals surface area contributed by atoms with Gasteiger partial charge in [-0.1, -0.05) is 23.7 Å². The van der Waals surface area contributed by atoms with Crippen molar-refractivity contribution in [2.24, 2.45) is 0 Å². The number of aromatic nitrogens is 1. The number of pyridine rings is 1. The molecule has 0 fully saturated rings. The van der Waals surface area contributed by atoms with Crippen molar-refractivity contribution in [1.29, 1.82) is 0 Å². The molecule has 0 unspecified atom stereocenters. The Morgan fingerprint density at radius 2 is 1.80 bits per heavy atom. The molecule has 0 saturated carbocycles. The van der Waals surface area contributed by atoms with E-state index >= 15 is 0 Å². The largest absolute Gasteiger partial charge is 0.447 e. The number of anilines is 1. The van der Waals surface area contributed by atoms with Gasteiger partial charge in [-0.2, -0.15) is 13.1 Å². The first-order valence-electron chi connectivity index (χ1n) is 14.2. The first-order valence-corrected chi connectivity index (χ1v) is 16.1. The Morgan fingerprint density at radius 3 is 2.52 bits per heavy atom. The van der Waals surface area contributed by atoms with Crippen LogP contribution in [0.4, 0.5) is 24.2 Å². The minimum atomic E-state index is -4.24. The third kappa shape index (κ3) is 11.7. The predicted molar refractivity (Wildman–Crippen MR) is 168 cm³/mol. The number of hydrogen-bond acceptors (Lipinski definition) is 8. The summed E-state index contributed by atoms with van der Waals surface area (Å²) in [5, 5.41) is 3.56. The molecule has 0 bridgehead atoms. The van der Waals surface area contributed by atoms with E-state index in [-0.39, 0.29) is 55.6 Å². The molecule has 0 aliphatic carbocycles. The van der Waals surface area contributed by atoms with Crippen LogP contribution in [0.25, 0.3) is 10.8 Å². The topological polar surface area (TPSA) is 156 Å². The normalized spacial score (nSPS) is 12.3. The van der Waals surface area contributed by atoms with E-state index in [1.165, 1.54) is 48.5 Å². The molecule has 46 heavy (non-hydrogen) atoms. The lowest BCUT2D eigenvalue weighted by Gasteiger charge is -2.28. The molecule has 1 atom stereocenters. The van der Waals surface area contributed by atoms with Crippen LogP contribution in [0, 0.1) is 11.6 Å². The van der Waals surface area contributed by atoms with Gasteiger partial charge in [0.1, 0.15) is 29.7 Å². The second kappa shape index (κ2) is 16.0. The molecule has 0 aliphatic heterocycles. The Bertz CT molecular complexity index is 1670. The average molecular weight is 684 g/mol. The van der Waals surface area contributed by atoms with Gasteiger partial charge in [-0.25, -0.2) is 28.1 Å². The second-order valence-corrected chi connectivity index (χ2v) is 13.2. The van der Waals surface area contributed by atoms with Crippen LogP contribution >= 0.6 is 11.6 Å². The highest BCUT2D eigenvalue weighted by Crippen LogP contribution is 2.22. The van der Waals surface area contributed by atoms with Crippen molar-refractivity contribution in [2.75, 3.05) is 25.5 Å². The maximum Gasteiger partial charge on any atom is 0.422 e. The number of nitrogens with zero attached hydrogens (tertiary/aromatic N) is 2. The first-order chi connectivity index (χ1) is 21.5. The zero-order valence-corrected chi connectivity index (χ0v) is 27.3. The summed E-state index contributed by atoms with van der Waals surface area (Å²) in [4.78, 5) is 43.0. The van der Waals surface area contributed by atoms with E-state index in [2.05, 4.69) is 15.0 Å². The number of likely N-dealkylation sites (N-methyl/N-ethyl adjacent to an activating group) is 1. The van der Waals surface area contributed by atoms with E-state index in [1.807, 2.05) is 0 Å². The Morgan fingerprint density at radius 1 is 1.07 bits per heavy atom. The quantitative estimate of drug-likeness (QED) is 0.205. The summed E-state index contributed by atoms with van der Waals surface area (Å²) in [5.74, 6) is -1.31. The zero-order chi connectivity index (χ0) is 34.1. The summed E-state index contributed by atoms with van der Waals surface area (Å²) in [5.41, 5.74) is -0.455. The van der Waals surface area contributed by atoms with Gasteiger partial charge in [0.25, 0.3) is 0 Å². The van der Waals surface area contributed by atoms with Crippen molar-refractivity contribution in [2.45, 2.75) is 58.1 Å². The molecule has 0 aliphatic rings. The highest BCUT2D eigenvalue weighted by atomic mass is 35.5. The lowest BCUT2D eigenvalue weighted by molar-refractivity contribution is -0.132. The van der Waals surface area contributed by atoms with Gasteiger partial charge in [0.2, 0.25) is 5.91 Å². The van der Waals surface area contributed by atoms with E-state index in [4.69, 9.17) is 21.1 Å². The fourth-order valence-electron chi connectivity index (χ4n) is 4.23. The molecule has 0 saturated heterocycles. The number of carbonyl (C=O) groups is 3. The van der Waals surface area contributed by atoms with E-state index in [0.29, 0.717) is 16.3 Å². The number of fused-ring (bicyclic) bond motifs is 1. The molecule has 0 radical (unpaired) electrons. The smallest absolute Gasteiger partial charge is 0.422 e. The van der Waals surface area contributed by atoms with E-state index in [1.54, 1.807) is 37.6 Å². The molecule has 2 aromatic carbocycles. The molecule has 3 rings (SSSR count). The summed E-state index contributed by atoms with van der Waals surface area (Å²) >= 11 is 6.02. The Hall–Kier alpha value is -4.08. The highest BCUT2D eigenvalue weighted by molar-refractivity contribution is 7.88. The minimum absolute atomic E-state index is 0.0353. The Balaban J connectivity index is 1.62. The molecule has 3 amide bonds. The standard InChI is InChI=1S/C30H36ClF2N5O7S/c1-30(2,3)45-29(41)37-46(42,43)35-14-6-8-23(38(4)26(39)13-11-19-7-5-9-24(33)27(19)31)18-44-28(40)36-25-16-21-15-22(32)12-10-20(21)17-34-25/h5,7,9-10,12,15-17,23,35H,6,8,11,13-14,18H2,1-4H3,(H,37,41)(H,34,36,40)/t23-/m0/s1. The van der Waals surface area contributed by atoms with Gasteiger partial charge in [-0.15, -0.1) is 0 Å². The molecular weight excluding hydrogens is 648 g/mol. The van der Waals surface area contributed by atoms with Gasteiger partial charge in [0.05, 0.1) is 11.1 Å². The fraction of sp³-hybridized carbons (Fsp3) is 0.400.